The van der Waals surface area contributed by atoms with Crippen molar-refractivity contribution in [3.8, 4) is 11.4 Å². The minimum atomic E-state index is -0.456. The lowest BCUT2D eigenvalue weighted by Gasteiger charge is -2.23. The molecule has 1 aliphatic heterocycles. The molecule has 0 saturated carbocycles. The molecule has 0 bridgehead atoms. The highest BCUT2D eigenvalue weighted by Crippen LogP contribution is 2.22. The van der Waals surface area contributed by atoms with Gasteiger partial charge in [0, 0.05) is 18.3 Å². The monoisotopic (exact) mass is 285 g/mol. The second-order valence-electron chi connectivity index (χ2n) is 5.66. The van der Waals surface area contributed by atoms with Crippen molar-refractivity contribution in [1.29, 1.82) is 0 Å². The summed E-state index contributed by atoms with van der Waals surface area (Å²) in [6.07, 6.45) is 3.57. The van der Waals surface area contributed by atoms with Crippen molar-refractivity contribution >= 4 is 11.6 Å². The lowest BCUT2D eigenvalue weighted by molar-refractivity contribution is -0.121. The summed E-state index contributed by atoms with van der Waals surface area (Å²) in [5.41, 5.74) is 1.31. The highest BCUT2D eigenvalue weighted by molar-refractivity contribution is 5.98. The van der Waals surface area contributed by atoms with Crippen LogP contribution in [0.1, 0.15) is 19.8 Å². The molecule has 2 aromatic rings. The van der Waals surface area contributed by atoms with E-state index in [0.717, 1.165) is 36.5 Å². The fraction of sp³-hybridized carbons (Fsp3) is 0.400. The Morgan fingerprint density at radius 3 is 2.71 bits per heavy atom. The van der Waals surface area contributed by atoms with Crippen molar-refractivity contribution in [1.82, 2.24) is 20.1 Å². The Morgan fingerprint density at radius 2 is 2.14 bits per heavy atom. The lowest BCUT2D eigenvalue weighted by atomic mass is 9.99. The van der Waals surface area contributed by atoms with Gasteiger partial charge in [0.25, 0.3) is 0 Å². The van der Waals surface area contributed by atoms with Gasteiger partial charge in [0.1, 0.15) is 6.33 Å². The number of aryl methyl sites for hydroxylation is 1. The first-order valence-corrected chi connectivity index (χ1v) is 7.09. The predicted molar refractivity (Wildman–Crippen MR) is 80.7 cm³/mol. The van der Waals surface area contributed by atoms with E-state index in [-0.39, 0.29) is 5.91 Å². The molecular weight excluding hydrogens is 266 g/mol. The van der Waals surface area contributed by atoms with Gasteiger partial charge in [0.05, 0.1) is 5.54 Å². The van der Waals surface area contributed by atoms with Crippen LogP contribution in [0, 0.1) is 0 Å². The van der Waals surface area contributed by atoms with Crippen molar-refractivity contribution in [2.45, 2.75) is 25.3 Å². The number of aromatic nitrogens is 3. The molecule has 1 amide bonds. The second-order valence-corrected chi connectivity index (χ2v) is 5.66. The summed E-state index contributed by atoms with van der Waals surface area (Å²) in [4.78, 5) is 12.3. The van der Waals surface area contributed by atoms with E-state index in [0.29, 0.717) is 0 Å². The van der Waals surface area contributed by atoms with Crippen LogP contribution < -0.4 is 10.6 Å². The van der Waals surface area contributed by atoms with Crippen LogP contribution in [-0.4, -0.2) is 32.8 Å². The first kappa shape index (κ1) is 13.8. The summed E-state index contributed by atoms with van der Waals surface area (Å²) in [5.74, 6) is 0.823. The summed E-state index contributed by atoms with van der Waals surface area (Å²) in [6, 6.07) is 7.65. The van der Waals surface area contributed by atoms with E-state index in [1.165, 1.54) is 0 Å². The Balaban J connectivity index is 1.73. The van der Waals surface area contributed by atoms with Crippen LogP contribution in [-0.2, 0) is 11.8 Å². The van der Waals surface area contributed by atoms with E-state index in [4.69, 9.17) is 0 Å². The molecule has 1 fully saturated rings. The summed E-state index contributed by atoms with van der Waals surface area (Å²) < 4.78 is 1.86. The number of nitrogens with zero attached hydrogens (tertiary/aromatic N) is 3. The Hall–Kier alpha value is -2.21. The Morgan fingerprint density at radius 1 is 1.38 bits per heavy atom. The van der Waals surface area contributed by atoms with E-state index in [1.807, 2.05) is 42.8 Å². The summed E-state index contributed by atoms with van der Waals surface area (Å²) >= 11 is 0. The lowest BCUT2D eigenvalue weighted by Crippen LogP contribution is -2.47. The summed E-state index contributed by atoms with van der Waals surface area (Å²) in [7, 11) is 1.90. The third-order valence-corrected chi connectivity index (χ3v) is 3.98. The SMILES string of the molecule is Cn1cnnc1-c1ccc(NC(=O)C2(C)CCCN2)cc1. The zero-order valence-corrected chi connectivity index (χ0v) is 12.3. The largest absolute Gasteiger partial charge is 0.324 e. The van der Waals surface area contributed by atoms with Crippen LogP contribution >= 0.6 is 0 Å². The number of carbonyl (C=O) groups excluding carboxylic acids is 1. The molecule has 0 radical (unpaired) electrons. The van der Waals surface area contributed by atoms with Gasteiger partial charge in [-0.3, -0.25) is 4.79 Å². The summed E-state index contributed by atoms with van der Waals surface area (Å²) in [5, 5.41) is 14.2. The minimum Gasteiger partial charge on any atom is -0.324 e. The first-order valence-electron chi connectivity index (χ1n) is 7.09. The smallest absolute Gasteiger partial charge is 0.244 e. The van der Waals surface area contributed by atoms with Crippen molar-refractivity contribution < 1.29 is 4.79 Å². The number of amides is 1. The number of hydrogen-bond acceptors (Lipinski definition) is 4. The number of nitrogens with one attached hydrogen (secondary N) is 2. The normalized spacial score (nSPS) is 21.4. The van der Waals surface area contributed by atoms with Crippen molar-refractivity contribution in [2.24, 2.45) is 7.05 Å². The molecular formula is C15H19N5O. The van der Waals surface area contributed by atoms with E-state index in [9.17, 15) is 4.79 Å². The van der Waals surface area contributed by atoms with Crippen LogP contribution in [0.15, 0.2) is 30.6 Å². The van der Waals surface area contributed by atoms with Gasteiger partial charge in [0.2, 0.25) is 5.91 Å². The van der Waals surface area contributed by atoms with Gasteiger partial charge in [-0.05, 0) is 50.6 Å². The second kappa shape index (κ2) is 5.29. The summed E-state index contributed by atoms with van der Waals surface area (Å²) in [6.45, 7) is 2.85. The number of rotatable bonds is 3. The molecule has 1 unspecified atom stereocenters. The van der Waals surface area contributed by atoms with Gasteiger partial charge in [-0.25, -0.2) is 0 Å². The zero-order valence-electron chi connectivity index (χ0n) is 12.3. The van der Waals surface area contributed by atoms with Crippen LogP contribution in [0.5, 0.6) is 0 Å². The van der Waals surface area contributed by atoms with Crippen molar-refractivity contribution in [3.05, 3.63) is 30.6 Å². The van der Waals surface area contributed by atoms with Crippen molar-refractivity contribution in [3.63, 3.8) is 0 Å². The van der Waals surface area contributed by atoms with Gasteiger partial charge in [-0.15, -0.1) is 10.2 Å². The van der Waals surface area contributed by atoms with Gasteiger partial charge in [-0.2, -0.15) is 0 Å². The standard InChI is InChI=1S/C15H19N5O/c1-15(8-3-9-16-15)14(21)18-12-6-4-11(5-7-12)13-19-17-10-20(13)2/h4-7,10,16H,3,8-9H2,1-2H3,(H,18,21). The van der Waals surface area contributed by atoms with Crippen LogP contribution in [0.3, 0.4) is 0 Å². The zero-order chi connectivity index (χ0) is 14.9. The van der Waals surface area contributed by atoms with E-state index in [2.05, 4.69) is 20.8 Å². The quantitative estimate of drug-likeness (QED) is 0.898. The molecule has 2 heterocycles. The Labute approximate surface area is 123 Å². The predicted octanol–water partition coefficient (Wildman–Crippen LogP) is 1.56. The van der Waals surface area contributed by atoms with Gasteiger partial charge >= 0.3 is 0 Å². The molecule has 110 valence electrons. The molecule has 1 aromatic heterocycles. The fourth-order valence-electron chi connectivity index (χ4n) is 2.60. The third kappa shape index (κ3) is 2.67. The number of benzene rings is 1. The number of hydrogen-bond donors (Lipinski definition) is 2. The van der Waals surface area contributed by atoms with Gasteiger partial charge in [-0.1, -0.05) is 0 Å². The molecule has 2 N–H and O–H groups in total. The van der Waals surface area contributed by atoms with E-state index >= 15 is 0 Å². The first-order chi connectivity index (χ1) is 10.1. The van der Waals surface area contributed by atoms with Crippen LogP contribution in [0.25, 0.3) is 11.4 Å². The highest BCUT2D eigenvalue weighted by atomic mass is 16.2. The molecule has 3 rings (SSSR count). The maximum absolute atomic E-state index is 12.3. The molecule has 6 nitrogen and oxygen atoms in total. The van der Waals surface area contributed by atoms with Crippen LogP contribution in [0.2, 0.25) is 0 Å². The van der Waals surface area contributed by atoms with Crippen LogP contribution in [0.4, 0.5) is 5.69 Å². The molecule has 1 saturated heterocycles. The molecule has 0 spiro atoms. The topological polar surface area (TPSA) is 71.8 Å². The molecule has 0 aliphatic carbocycles. The molecule has 1 aromatic carbocycles. The minimum absolute atomic E-state index is 0.0198. The third-order valence-electron chi connectivity index (χ3n) is 3.98. The molecule has 21 heavy (non-hydrogen) atoms. The van der Waals surface area contributed by atoms with E-state index in [1.54, 1.807) is 6.33 Å². The Kier molecular flexibility index (Phi) is 3.47. The molecule has 1 atom stereocenters. The van der Waals surface area contributed by atoms with Gasteiger partial charge in [0.15, 0.2) is 5.82 Å². The average Bonchev–Trinajstić information content (AvgIpc) is 3.09. The Bertz CT molecular complexity index is 640. The maximum Gasteiger partial charge on any atom is 0.244 e. The highest BCUT2D eigenvalue weighted by Gasteiger charge is 2.35. The van der Waals surface area contributed by atoms with E-state index < -0.39 is 5.54 Å². The average molecular weight is 285 g/mol. The number of carbonyl (C=O) groups is 1. The maximum atomic E-state index is 12.3. The molecule has 6 heteroatoms. The number of anilines is 1. The molecule has 1 aliphatic rings. The van der Waals surface area contributed by atoms with Crippen molar-refractivity contribution in [2.75, 3.05) is 11.9 Å². The fourth-order valence-corrected chi connectivity index (χ4v) is 2.60. The van der Waals surface area contributed by atoms with Gasteiger partial charge < -0.3 is 15.2 Å².